The zero-order valence-corrected chi connectivity index (χ0v) is 6.94. The van der Waals surface area contributed by atoms with Crippen LogP contribution in [-0.4, -0.2) is 19.5 Å². The molecule has 3 heteroatoms. The number of hydrogen-bond donors (Lipinski definition) is 0. The van der Waals surface area contributed by atoms with Gasteiger partial charge in [0.25, 0.3) is 0 Å². The molecule has 0 radical (unpaired) electrons. The summed E-state index contributed by atoms with van der Waals surface area (Å²) < 4.78 is 4.70. The van der Waals surface area contributed by atoms with Gasteiger partial charge in [0.05, 0.1) is 11.6 Å². The van der Waals surface area contributed by atoms with Gasteiger partial charge in [0.1, 0.15) is 0 Å². The van der Waals surface area contributed by atoms with Crippen LogP contribution in [0.15, 0.2) is 11.1 Å². The zero-order chi connectivity index (χ0) is 7.98. The maximum absolute atomic E-state index is 10.9. The smallest absolute Gasteiger partial charge is 0.176 e. The predicted molar refractivity (Wildman–Crippen MR) is 41.1 cm³/mol. The number of halogens is 1. The van der Waals surface area contributed by atoms with Crippen molar-refractivity contribution in [3.63, 3.8) is 0 Å². The minimum atomic E-state index is -0.0639. The highest BCUT2D eigenvalue weighted by Crippen LogP contribution is 2.04. The Balaban J connectivity index is 3.63. The first-order valence-electron chi connectivity index (χ1n) is 3.06. The second kappa shape index (κ2) is 5.45. The lowest BCUT2D eigenvalue weighted by molar-refractivity contribution is -0.115. The number of rotatable bonds is 4. The van der Waals surface area contributed by atoms with Crippen LogP contribution in [0.4, 0.5) is 0 Å². The molecule has 2 nitrogen and oxygen atoms in total. The molecule has 0 fully saturated rings. The molecule has 0 aromatic rings. The van der Waals surface area contributed by atoms with Crippen LogP contribution < -0.4 is 0 Å². The summed E-state index contributed by atoms with van der Waals surface area (Å²) in [5.74, 6) is -0.0639. The van der Waals surface area contributed by atoms with Crippen molar-refractivity contribution in [3.8, 4) is 0 Å². The fourth-order valence-electron chi connectivity index (χ4n) is 0.475. The summed E-state index contributed by atoms with van der Waals surface area (Å²) in [6, 6.07) is 0. The molecule has 0 aliphatic rings. The van der Waals surface area contributed by atoms with E-state index in [9.17, 15) is 4.79 Å². The topological polar surface area (TPSA) is 26.3 Å². The van der Waals surface area contributed by atoms with E-state index >= 15 is 0 Å². The number of carbonyl (C=O) groups is 1. The van der Waals surface area contributed by atoms with Crippen LogP contribution in [0.3, 0.4) is 0 Å². The summed E-state index contributed by atoms with van der Waals surface area (Å²) in [6.07, 6.45) is 1.94. The van der Waals surface area contributed by atoms with Gasteiger partial charge < -0.3 is 4.74 Å². The molecular weight excluding hydrogens is 152 g/mol. The van der Waals surface area contributed by atoms with Crippen LogP contribution in [0.1, 0.15) is 13.3 Å². The number of ketones is 1. The molecule has 0 amide bonds. The Morgan fingerprint density at radius 2 is 2.30 bits per heavy atom. The van der Waals surface area contributed by atoms with Crippen LogP contribution >= 0.6 is 11.6 Å². The second-order valence-electron chi connectivity index (χ2n) is 1.80. The van der Waals surface area contributed by atoms with Crippen molar-refractivity contribution in [3.05, 3.63) is 11.1 Å². The summed E-state index contributed by atoms with van der Waals surface area (Å²) >= 11 is 5.51. The molecule has 58 valence electrons. The Kier molecular flexibility index (Phi) is 5.26. The minimum absolute atomic E-state index is 0.0639. The van der Waals surface area contributed by atoms with Crippen molar-refractivity contribution in [2.24, 2.45) is 0 Å². The van der Waals surface area contributed by atoms with Crippen LogP contribution in [0, 0.1) is 0 Å². The van der Waals surface area contributed by atoms with E-state index in [1.165, 1.54) is 0 Å². The highest BCUT2D eigenvalue weighted by atomic mass is 35.5. The van der Waals surface area contributed by atoms with Gasteiger partial charge in [-0.1, -0.05) is 17.7 Å². The first-order valence-corrected chi connectivity index (χ1v) is 3.44. The van der Waals surface area contributed by atoms with Gasteiger partial charge in [-0.05, 0) is 6.92 Å². The molecule has 0 aromatic heterocycles. The Morgan fingerprint density at radius 3 is 2.70 bits per heavy atom. The van der Waals surface area contributed by atoms with Gasteiger partial charge in [-0.25, -0.2) is 0 Å². The van der Waals surface area contributed by atoms with Crippen LogP contribution in [-0.2, 0) is 9.53 Å². The summed E-state index contributed by atoms with van der Waals surface area (Å²) in [5, 5.41) is 0.289. The lowest BCUT2D eigenvalue weighted by Crippen LogP contribution is -2.01. The van der Waals surface area contributed by atoms with Crippen LogP contribution in [0.5, 0.6) is 0 Å². The van der Waals surface area contributed by atoms with Gasteiger partial charge >= 0.3 is 0 Å². The number of allylic oxidation sites excluding steroid dienone is 2. The van der Waals surface area contributed by atoms with E-state index in [0.717, 1.165) is 0 Å². The van der Waals surface area contributed by atoms with E-state index in [4.69, 9.17) is 16.3 Å². The van der Waals surface area contributed by atoms with Crippen molar-refractivity contribution in [2.75, 3.05) is 13.7 Å². The van der Waals surface area contributed by atoms with E-state index in [1.807, 2.05) is 0 Å². The Morgan fingerprint density at radius 1 is 1.70 bits per heavy atom. The van der Waals surface area contributed by atoms with Gasteiger partial charge in [-0.2, -0.15) is 0 Å². The maximum atomic E-state index is 10.9. The number of ether oxygens (including phenoxy) is 1. The highest BCUT2D eigenvalue weighted by Gasteiger charge is 2.03. The van der Waals surface area contributed by atoms with E-state index in [0.29, 0.717) is 13.0 Å². The fourth-order valence-corrected chi connectivity index (χ4v) is 0.570. The number of Topliss-reactive ketones (excluding diaryl/α,β-unsaturated/α-hetero) is 1. The third-order valence-corrected chi connectivity index (χ3v) is 1.48. The quantitative estimate of drug-likeness (QED) is 0.589. The molecule has 0 unspecified atom stereocenters. The number of methoxy groups -OCH3 is 1. The van der Waals surface area contributed by atoms with E-state index in [2.05, 4.69) is 0 Å². The molecule has 0 rings (SSSR count). The average molecular weight is 163 g/mol. The summed E-state index contributed by atoms with van der Waals surface area (Å²) in [5.41, 5.74) is 0. The first-order chi connectivity index (χ1) is 4.72. The van der Waals surface area contributed by atoms with Crippen molar-refractivity contribution < 1.29 is 9.53 Å². The third kappa shape index (κ3) is 3.64. The normalized spacial score (nSPS) is 11.7. The molecule has 0 bridgehead atoms. The van der Waals surface area contributed by atoms with E-state index in [1.54, 1.807) is 20.1 Å². The summed E-state index contributed by atoms with van der Waals surface area (Å²) in [7, 11) is 1.55. The largest absolute Gasteiger partial charge is 0.384 e. The first kappa shape index (κ1) is 9.66. The van der Waals surface area contributed by atoms with Gasteiger partial charge in [-0.3, -0.25) is 4.79 Å². The third-order valence-electron chi connectivity index (χ3n) is 1.05. The Bertz CT molecular complexity index is 141. The van der Waals surface area contributed by atoms with E-state index < -0.39 is 0 Å². The maximum Gasteiger partial charge on any atom is 0.176 e. The molecular formula is C7H11ClO2. The molecule has 0 aromatic carbocycles. The van der Waals surface area contributed by atoms with Crippen molar-refractivity contribution in [1.29, 1.82) is 0 Å². The monoisotopic (exact) mass is 162 g/mol. The van der Waals surface area contributed by atoms with Gasteiger partial charge in [0, 0.05) is 13.5 Å². The molecule has 0 saturated carbocycles. The zero-order valence-electron chi connectivity index (χ0n) is 6.19. The number of hydrogen-bond acceptors (Lipinski definition) is 2. The van der Waals surface area contributed by atoms with Crippen LogP contribution in [0.2, 0.25) is 0 Å². The Labute approximate surface area is 65.8 Å². The summed E-state index contributed by atoms with van der Waals surface area (Å²) in [4.78, 5) is 10.9. The number of carbonyl (C=O) groups excluding carboxylic acids is 1. The fraction of sp³-hybridized carbons (Fsp3) is 0.571. The van der Waals surface area contributed by atoms with Crippen molar-refractivity contribution in [2.45, 2.75) is 13.3 Å². The minimum Gasteiger partial charge on any atom is -0.384 e. The molecule has 0 N–H and O–H groups in total. The average Bonchev–Trinajstić information content (AvgIpc) is 1.98. The molecule has 0 spiro atoms. The van der Waals surface area contributed by atoms with Crippen molar-refractivity contribution in [1.82, 2.24) is 0 Å². The van der Waals surface area contributed by atoms with Gasteiger partial charge in [0.2, 0.25) is 0 Å². The van der Waals surface area contributed by atoms with Crippen LogP contribution in [0.25, 0.3) is 0 Å². The predicted octanol–water partition coefficient (Wildman–Crippen LogP) is 1.73. The van der Waals surface area contributed by atoms with Gasteiger partial charge in [0.15, 0.2) is 5.78 Å². The molecule has 0 atom stereocenters. The standard InChI is InChI=1S/C7H11ClO2/c1-3-6(8)7(9)4-5-10-2/h3H,4-5H2,1-2H3/b6-3-. The second-order valence-corrected chi connectivity index (χ2v) is 2.21. The van der Waals surface area contributed by atoms with Gasteiger partial charge in [-0.15, -0.1) is 0 Å². The molecule has 0 heterocycles. The lowest BCUT2D eigenvalue weighted by Gasteiger charge is -1.95. The summed E-state index contributed by atoms with van der Waals surface area (Å²) in [6.45, 7) is 2.16. The van der Waals surface area contributed by atoms with Crippen molar-refractivity contribution >= 4 is 17.4 Å². The molecule has 0 saturated heterocycles. The molecule has 10 heavy (non-hydrogen) atoms. The highest BCUT2D eigenvalue weighted by molar-refractivity contribution is 6.42. The Hall–Kier alpha value is -0.340. The van der Waals surface area contributed by atoms with E-state index in [-0.39, 0.29) is 10.8 Å². The SMILES string of the molecule is C/C=C(\Cl)C(=O)CCOC. The lowest BCUT2D eigenvalue weighted by atomic mass is 10.3. The molecule has 0 aliphatic heterocycles. The molecule has 0 aliphatic carbocycles.